The van der Waals surface area contributed by atoms with E-state index in [1.54, 1.807) is 17.1 Å². The summed E-state index contributed by atoms with van der Waals surface area (Å²) >= 11 is 11.5. The molecule has 4 nitrogen and oxygen atoms in total. The van der Waals surface area contributed by atoms with Gasteiger partial charge in [-0.1, -0.05) is 22.9 Å². The van der Waals surface area contributed by atoms with E-state index in [0.29, 0.717) is 17.6 Å². The third-order valence-corrected chi connectivity index (χ3v) is 2.51. The van der Waals surface area contributed by atoms with Crippen molar-refractivity contribution in [1.82, 2.24) is 20.0 Å². The maximum absolute atomic E-state index is 5.92. The Bertz CT molecular complexity index is 455. The van der Waals surface area contributed by atoms with Gasteiger partial charge in [0.2, 0.25) is 0 Å². The number of aromatic nitrogens is 4. The van der Waals surface area contributed by atoms with Crippen molar-refractivity contribution < 1.29 is 0 Å². The van der Waals surface area contributed by atoms with E-state index in [1.807, 2.05) is 12.1 Å². The molecule has 2 aromatic heterocycles. The molecular weight excluding hydrogens is 235 g/mol. The molecule has 15 heavy (non-hydrogen) atoms. The van der Waals surface area contributed by atoms with Gasteiger partial charge in [0.15, 0.2) is 0 Å². The Balaban J connectivity index is 2.18. The van der Waals surface area contributed by atoms with Gasteiger partial charge in [0, 0.05) is 11.8 Å². The number of halogens is 2. The van der Waals surface area contributed by atoms with Crippen LogP contribution in [0.5, 0.6) is 0 Å². The predicted molar refractivity (Wildman–Crippen MR) is 57.9 cm³/mol. The van der Waals surface area contributed by atoms with E-state index >= 15 is 0 Å². The van der Waals surface area contributed by atoms with Crippen molar-refractivity contribution in [3.63, 3.8) is 0 Å². The zero-order valence-corrected chi connectivity index (χ0v) is 9.28. The molecule has 78 valence electrons. The Morgan fingerprint density at radius 1 is 1.40 bits per heavy atom. The van der Waals surface area contributed by atoms with Gasteiger partial charge < -0.3 is 0 Å². The first-order chi connectivity index (χ1) is 7.29. The molecule has 0 aliphatic heterocycles. The van der Waals surface area contributed by atoms with Gasteiger partial charge in [-0.05, 0) is 6.07 Å². The summed E-state index contributed by atoms with van der Waals surface area (Å²) in [6.07, 6.45) is 3.44. The summed E-state index contributed by atoms with van der Waals surface area (Å²) in [4.78, 5) is 3.98. The highest BCUT2D eigenvalue weighted by atomic mass is 35.5. The molecule has 6 heteroatoms. The summed E-state index contributed by atoms with van der Waals surface area (Å²) < 4.78 is 1.68. The van der Waals surface area contributed by atoms with Crippen LogP contribution in [0.25, 0.3) is 0 Å². The average molecular weight is 243 g/mol. The topological polar surface area (TPSA) is 43.6 Å². The van der Waals surface area contributed by atoms with Gasteiger partial charge in [0.25, 0.3) is 0 Å². The fourth-order valence-electron chi connectivity index (χ4n) is 1.19. The minimum absolute atomic E-state index is 0.362. The second-order valence-corrected chi connectivity index (χ2v) is 3.62. The van der Waals surface area contributed by atoms with Crippen molar-refractivity contribution in [2.45, 2.75) is 12.4 Å². The van der Waals surface area contributed by atoms with Crippen molar-refractivity contribution in [3.05, 3.63) is 40.9 Å². The molecule has 0 aliphatic carbocycles. The predicted octanol–water partition coefficient (Wildman–Crippen LogP) is 2.11. The van der Waals surface area contributed by atoms with Crippen molar-refractivity contribution in [1.29, 1.82) is 0 Å². The van der Waals surface area contributed by atoms with Crippen LogP contribution in [0.15, 0.2) is 24.5 Å². The van der Waals surface area contributed by atoms with Crippen molar-refractivity contribution in [2.24, 2.45) is 0 Å². The normalized spacial score (nSPS) is 10.5. The summed E-state index contributed by atoms with van der Waals surface area (Å²) in [6, 6.07) is 3.73. The van der Waals surface area contributed by atoms with Crippen LogP contribution in [0.1, 0.15) is 11.3 Å². The molecule has 2 aromatic rings. The van der Waals surface area contributed by atoms with Crippen LogP contribution >= 0.6 is 23.2 Å². The van der Waals surface area contributed by atoms with Crippen LogP contribution in [-0.2, 0) is 12.4 Å². The van der Waals surface area contributed by atoms with Gasteiger partial charge >= 0.3 is 0 Å². The number of pyridine rings is 1. The number of hydrogen-bond donors (Lipinski definition) is 0. The SMILES string of the molecule is ClCc1cn(Cc2cccnc2Cl)nn1. The second-order valence-electron chi connectivity index (χ2n) is 2.99. The highest BCUT2D eigenvalue weighted by Gasteiger charge is 2.03. The second kappa shape index (κ2) is 4.59. The molecular formula is C9H8Cl2N4. The maximum Gasteiger partial charge on any atom is 0.134 e. The lowest BCUT2D eigenvalue weighted by molar-refractivity contribution is 0.648. The lowest BCUT2D eigenvalue weighted by atomic mass is 10.3. The zero-order valence-electron chi connectivity index (χ0n) is 7.77. The lowest BCUT2D eigenvalue weighted by Gasteiger charge is -2.01. The number of alkyl halides is 1. The molecule has 0 aliphatic rings. The summed E-state index contributed by atoms with van der Waals surface area (Å²) in [7, 11) is 0. The van der Waals surface area contributed by atoms with Crippen molar-refractivity contribution in [3.8, 4) is 0 Å². The first kappa shape index (κ1) is 10.4. The van der Waals surface area contributed by atoms with E-state index in [4.69, 9.17) is 23.2 Å². The zero-order chi connectivity index (χ0) is 10.7. The van der Waals surface area contributed by atoms with E-state index in [2.05, 4.69) is 15.3 Å². The summed E-state index contributed by atoms with van der Waals surface area (Å²) in [5.41, 5.74) is 1.65. The summed E-state index contributed by atoms with van der Waals surface area (Å²) in [6.45, 7) is 0.552. The summed E-state index contributed by atoms with van der Waals surface area (Å²) in [5, 5.41) is 8.28. The van der Waals surface area contributed by atoms with Crippen LogP contribution in [0.4, 0.5) is 0 Å². The molecule has 0 fully saturated rings. The molecule has 0 unspecified atom stereocenters. The number of nitrogens with zero attached hydrogens (tertiary/aromatic N) is 4. The third kappa shape index (κ3) is 2.46. The van der Waals surface area contributed by atoms with Crippen LogP contribution in [-0.4, -0.2) is 20.0 Å². The fraction of sp³-hybridized carbons (Fsp3) is 0.222. The standard InChI is InChI=1S/C9H8Cl2N4/c10-4-8-6-15(14-13-8)5-7-2-1-3-12-9(7)11/h1-3,6H,4-5H2. The molecule has 0 atom stereocenters. The molecule has 2 heterocycles. The summed E-state index contributed by atoms with van der Waals surface area (Å²) in [5.74, 6) is 0.362. The minimum atomic E-state index is 0.362. The smallest absolute Gasteiger partial charge is 0.134 e. The highest BCUT2D eigenvalue weighted by molar-refractivity contribution is 6.30. The van der Waals surface area contributed by atoms with Gasteiger partial charge in [-0.3, -0.25) is 0 Å². The van der Waals surface area contributed by atoms with Crippen molar-refractivity contribution >= 4 is 23.2 Å². The van der Waals surface area contributed by atoms with E-state index in [-0.39, 0.29) is 0 Å². The van der Waals surface area contributed by atoms with Gasteiger partial charge in [-0.2, -0.15) is 0 Å². The van der Waals surface area contributed by atoms with Crippen LogP contribution in [0.2, 0.25) is 5.15 Å². The van der Waals surface area contributed by atoms with Crippen molar-refractivity contribution in [2.75, 3.05) is 0 Å². The fourth-order valence-corrected chi connectivity index (χ4v) is 1.49. The van der Waals surface area contributed by atoms with Gasteiger partial charge in [-0.15, -0.1) is 16.7 Å². The number of rotatable bonds is 3. The Morgan fingerprint density at radius 2 is 2.27 bits per heavy atom. The molecule has 2 rings (SSSR count). The largest absolute Gasteiger partial charge is 0.248 e. The third-order valence-electron chi connectivity index (χ3n) is 1.89. The van der Waals surface area contributed by atoms with E-state index in [1.165, 1.54) is 0 Å². The Hall–Kier alpha value is -1.13. The lowest BCUT2D eigenvalue weighted by Crippen LogP contribution is -2.01. The monoisotopic (exact) mass is 242 g/mol. The molecule has 0 saturated carbocycles. The van der Waals surface area contributed by atoms with E-state index in [9.17, 15) is 0 Å². The van der Waals surface area contributed by atoms with Gasteiger partial charge in [-0.25, -0.2) is 9.67 Å². The van der Waals surface area contributed by atoms with Gasteiger partial charge in [0.05, 0.1) is 24.3 Å². The molecule has 0 aromatic carbocycles. The van der Waals surface area contributed by atoms with E-state index in [0.717, 1.165) is 11.3 Å². The minimum Gasteiger partial charge on any atom is -0.248 e. The molecule has 0 N–H and O–H groups in total. The number of hydrogen-bond acceptors (Lipinski definition) is 3. The molecule has 0 spiro atoms. The molecule has 0 bridgehead atoms. The molecule has 0 radical (unpaired) electrons. The van der Waals surface area contributed by atoms with Crippen LogP contribution < -0.4 is 0 Å². The highest BCUT2D eigenvalue weighted by Crippen LogP contribution is 2.12. The molecule has 0 amide bonds. The maximum atomic E-state index is 5.92. The first-order valence-electron chi connectivity index (χ1n) is 4.34. The Labute approximate surface area is 96.8 Å². The van der Waals surface area contributed by atoms with E-state index < -0.39 is 0 Å². The quantitative estimate of drug-likeness (QED) is 0.612. The van der Waals surface area contributed by atoms with Crippen LogP contribution in [0.3, 0.4) is 0 Å². The average Bonchev–Trinajstić information content (AvgIpc) is 2.69. The Kier molecular flexibility index (Phi) is 3.18. The first-order valence-corrected chi connectivity index (χ1v) is 5.25. The molecule has 0 saturated heterocycles. The van der Waals surface area contributed by atoms with Gasteiger partial charge in [0.1, 0.15) is 5.15 Å². The Morgan fingerprint density at radius 3 is 2.93 bits per heavy atom. The van der Waals surface area contributed by atoms with Crippen LogP contribution in [0, 0.1) is 0 Å².